The molecule has 2 aromatic heterocycles. The minimum Gasteiger partial charge on any atom is -0.455 e. The van der Waals surface area contributed by atoms with E-state index >= 15 is 0 Å². The van der Waals surface area contributed by atoms with E-state index < -0.39 is 0 Å². The molecule has 2 aromatic carbocycles. The van der Waals surface area contributed by atoms with E-state index in [0.29, 0.717) is 0 Å². The quantitative estimate of drug-likeness (QED) is 0.291. The number of rotatable bonds is 2. The van der Waals surface area contributed by atoms with Crippen molar-refractivity contribution in [1.82, 2.24) is 0 Å². The van der Waals surface area contributed by atoms with Crippen LogP contribution in [0.15, 0.2) is 35.8 Å². The highest BCUT2D eigenvalue weighted by molar-refractivity contribution is 7.17. The van der Waals surface area contributed by atoms with Gasteiger partial charge in [0.2, 0.25) is 5.69 Å². The van der Waals surface area contributed by atoms with Crippen molar-refractivity contribution in [3.8, 4) is 22.8 Å². The van der Waals surface area contributed by atoms with Crippen molar-refractivity contribution >= 4 is 32.2 Å². The molecule has 0 atom stereocenters. The van der Waals surface area contributed by atoms with Crippen LogP contribution in [-0.2, 0) is 13.5 Å². The molecule has 0 radical (unpaired) electrons. The molecule has 2 nitrogen and oxygen atoms in total. The van der Waals surface area contributed by atoms with E-state index in [9.17, 15) is 0 Å². The van der Waals surface area contributed by atoms with Gasteiger partial charge in [0.1, 0.15) is 18.5 Å². The normalized spacial score (nSPS) is 15.8. The van der Waals surface area contributed by atoms with Gasteiger partial charge >= 0.3 is 0 Å². The van der Waals surface area contributed by atoms with Gasteiger partial charge in [-0.1, -0.05) is 31.7 Å². The number of hydrogen-bond acceptors (Lipinski definition) is 2. The summed E-state index contributed by atoms with van der Waals surface area (Å²) in [5, 5.41) is 6.09. The lowest BCUT2D eigenvalue weighted by Crippen LogP contribution is -2.32. The predicted octanol–water partition coefficient (Wildman–Crippen LogP) is 7.00. The minimum absolute atomic E-state index is 0.837. The summed E-state index contributed by atoms with van der Waals surface area (Å²) < 4.78 is 10.3. The van der Waals surface area contributed by atoms with Crippen LogP contribution in [0, 0.1) is 19.8 Å². The zero-order valence-electron chi connectivity index (χ0n) is 17.3. The van der Waals surface area contributed by atoms with Crippen molar-refractivity contribution < 1.29 is 9.30 Å². The van der Waals surface area contributed by atoms with Crippen molar-refractivity contribution in [3.05, 3.63) is 52.5 Å². The zero-order chi connectivity index (χ0) is 19.7. The second kappa shape index (κ2) is 6.30. The molecule has 0 spiro atoms. The van der Waals surface area contributed by atoms with Crippen LogP contribution >= 0.6 is 11.3 Å². The average Bonchev–Trinajstić information content (AvgIpc) is 3.40. The molecule has 3 heterocycles. The van der Waals surface area contributed by atoms with Gasteiger partial charge in [-0.05, 0) is 65.6 Å². The Morgan fingerprint density at radius 1 is 1.10 bits per heavy atom. The van der Waals surface area contributed by atoms with E-state index in [-0.39, 0.29) is 0 Å². The van der Waals surface area contributed by atoms with Gasteiger partial charge in [0.25, 0.3) is 0 Å². The summed E-state index contributed by atoms with van der Waals surface area (Å²) in [6.45, 7) is 4.46. The van der Waals surface area contributed by atoms with Gasteiger partial charge < -0.3 is 4.74 Å². The maximum atomic E-state index is 6.69. The molecule has 6 rings (SSSR count). The summed E-state index contributed by atoms with van der Waals surface area (Å²) >= 11 is 1.83. The van der Waals surface area contributed by atoms with E-state index in [4.69, 9.17) is 4.74 Å². The number of nitrogens with zero attached hydrogens (tertiary/aromatic N) is 1. The number of aromatic nitrogens is 1. The number of pyridine rings is 1. The fourth-order valence-corrected chi connectivity index (χ4v) is 6.55. The molecule has 0 saturated heterocycles. The van der Waals surface area contributed by atoms with Crippen LogP contribution < -0.4 is 9.30 Å². The Morgan fingerprint density at radius 2 is 1.93 bits per heavy atom. The van der Waals surface area contributed by atoms with Gasteiger partial charge in [-0.15, -0.1) is 11.3 Å². The predicted molar refractivity (Wildman–Crippen MR) is 121 cm³/mol. The Morgan fingerprint density at radius 3 is 2.76 bits per heavy atom. The lowest BCUT2D eigenvalue weighted by atomic mass is 9.90. The molecule has 3 heteroatoms. The van der Waals surface area contributed by atoms with Crippen LogP contribution in [0.25, 0.3) is 32.1 Å². The molecular formula is C26H26NOS+. The number of aryl methyl sites for hydroxylation is 3. The smallest absolute Gasteiger partial charge is 0.228 e. The first-order valence-electron chi connectivity index (χ1n) is 10.8. The molecule has 2 aliphatic rings. The second-order valence-electron chi connectivity index (χ2n) is 8.91. The minimum atomic E-state index is 0.837. The molecule has 1 saturated carbocycles. The zero-order valence-corrected chi connectivity index (χ0v) is 18.2. The Labute approximate surface area is 175 Å². The Hall–Kier alpha value is -2.39. The molecule has 0 amide bonds. The SMILES string of the molecule is Cc1c2c(c(C)c3sccc13)-c1c3c(cc(CC4CCCC4)cc3cc[n+]1C)O2. The third-order valence-electron chi connectivity index (χ3n) is 7.06. The van der Waals surface area contributed by atoms with Crippen LogP contribution in [0.1, 0.15) is 42.4 Å². The molecule has 0 bridgehead atoms. The van der Waals surface area contributed by atoms with E-state index in [1.165, 1.54) is 80.9 Å². The Balaban J connectivity index is 1.63. The number of ether oxygens (including phenoxy) is 1. The number of fused-ring (bicyclic) bond motifs is 3. The van der Waals surface area contributed by atoms with Crippen molar-refractivity contribution in [2.24, 2.45) is 13.0 Å². The summed E-state index contributed by atoms with van der Waals surface area (Å²) in [7, 11) is 2.16. The van der Waals surface area contributed by atoms with E-state index in [1.807, 2.05) is 11.3 Å². The third-order valence-corrected chi connectivity index (χ3v) is 8.09. The molecule has 1 aliphatic carbocycles. The van der Waals surface area contributed by atoms with Crippen LogP contribution in [-0.4, -0.2) is 0 Å². The number of thiophene rings is 1. The fourth-order valence-electron chi connectivity index (χ4n) is 5.58. The molecule has 1 aliphatic heterocycles. The van der Waals surface area contributed by atoms with E-state index in [1.54, 1.807) is 0 Å². The van der Waals surface area contributed by atoms with Gasteiger partial charge in [-0.25, -0.2) is 4.57 Å². The van der Waals surface area contributed by atoms with Crippen molar-refractivity contribution in [2.75, 3.05) is 0 Å². The summed E-state index contributed by atoms with van der Waals surface area (Å²) in [6, 6.07) is 9.21. The highest BCUT2D eigenvalue weighted by atomic mass is 32.1. The first-order valence-corrected chi connectivity index (χ1v) is 11.6. The summed E-state index contributed by atoms with van der Waals surface area (Å²) in [5.74, 6) is 2.91. The maximum absolute atomic E-state index is 6.69. The fraction of sp³-hybridized carbons (Fsp3) is 0.346. The van der Waals surface area contributed by atoms with Crippen LogP contribution in [0.2, 0.25) is 0 Å². The third kappa shape index (κ3) is 2.50. The molecule has 146 valence electrons. The van der Waals surface area contributed by atoms with Crippen molar-refractivity contribution in [1.29, 1.82) is 0 Å². The van der Waals surface area contributed by atoms with Gasteiger partial charge in [0, 0.05) is 16.3 Å². The van der Waals surface area contributed by atoms with Gasteiger partial charge in [-0.3, -0.25) is 0 Å². The average molecular weight is 401 g/mol. The summed E-state index contributed by atoms with van der Waals surface area (Å²) in [5.41, 5.74) is 6.57. The lowest BCUT2D eigenvalue weighted by molar-refractivity contribution is -0.659. The van der Waals surface area contributed by atoms with Crippen LogP contribution in [0.3, 0.4) is 0 Å². The monoisotopic (exact) mass is 400 g/mol. The topological polar surface area (TPSA) is 13.1 Å². The highest BCUT2D eigenvalue weighted by Gasteiger charge is 2.32. The molecule has 1 fully saturated rings. The summed E-state index contributed by atoms with van der Waals surface area (Å²) in [4.78, 5) is 0. The van der Waals surface area contributed by atoms with E-state index in [0.717, 1.165) is 17.4 Å². The molecule has 4 aromatic rings. The summed E-state index contributed by atoms with van der Waals surface area (Å²) in [6.07, 6.45) is 8.93. The standard InChI is InChI=1S/C26H26NOS/c1-15-20-9-11-29-26(20)16(2)22-24-23-19(8-10-27(24)3)13-18(12-17-6-4-5-7-17)14-21(23)28-25(15)22/h8-11,13-14,17H,4-7,12H2,1-3H3/q+1. The van der Waals surface area contributed by atoms with Gasteiger partial charge in [0.15, 0.2) is 6.20 Å². The number of benzene rings is 2. The van der Waals surface area contributed by atoms with Crippen LogP contribution in [0.4, 0.5) is 0 Å². The van der Waals surface area contributed by atoms with Crippen LogP contribution in [0.5, 0.6) is 11.5 Å². The second-order valence-corrected chi connectivity index (χ2v) is 9.82. The molecular weight excluding hydrogens is 374 g/mol. The highest BCUT2D eigenvalue weighted by Crippen LogP contribution is 2.51. The lowest BCUT2D eigenvalue weighted by Gasteiger charge is -2.24. The van der Waals surface area contributed by atoms with E-state index in [2.05, 4.69) is 61.3 Å². The largest absolute Gasteiger partial charge is 0.455 e. The van der Waals surface area contributed by atoms with Gasteiger partial charge in [0.05, 0.1) is 10.9 Å². The Bertz CT molecular complexity index is 1290. The molecule has 29 heavy (non-hydrogen) atoms. The van der Waals surface area contributed by atoms with Crippen molar-refractivity contribution in [3.63, 3.8) is 0 Å². The molecule has 0 unspecified atom stereocenters. The van der Waals surface area contributed by atoms with Crippen molar-refractivity contribution in [2.45, 2.75) is 46.0 Å². The first-order chi connectivity index (χ1) is 14.1. The van der Waals surface area contributed by atoms with Gasteiger partial charge in [-0.2, -0.15) is 0 Å². The maximum Gasteiger partial charge on any atom is 0.228 e. The first kappa shape index (κ1) is 17.5. The molecule has 0 N–H and O–H groups in total. The number of hydrogen-bond donors (Lipinski definition) is 0. The Kier molecular flexibility index (Phi) is 3.80.